The highest BCUT2D eigenvalue weighted by molar-refractivity contribution is 5.96. The van der Waals surface area contributed by atoms with E-state index in [0.29, 0.717) is 23.4 Å². The number of rotatable bonds is 5. The smallest absolute Gasteiger partial charge is 0.256 e. The van der Waals surface area contributed by atoms with Crippen molar-refractivity contribution in [2.24, 2.45) is 4.99 Å². The topological polar surface area (TPSA) is 73.1 Å². The van der Waals surface area contributed by atoms with Gasteiger partial charge in [0.05, 0.1) is 18.9 Å². The lowest BCUT2D eigenvalue weighted by Gasteiger charge is -2.11. The van der Waals surface area contributed by atoms with Crippen molar-refractivity contribution in [2.45, 2.75) is 18.9 Å². The molecule has 3 aromatic rings. The van der Waals surface area contributed by atoms with Crippen molar-refractivity contribution in [3.8, 4) is 5.75 Å². The van der Waals surface area contributed by atoms with Crippen LogP contribution in [-0.4, -0.2) is 32.3 Å². The molecule has 1 unspecified atom stereocenters. The van der Waals surface area contributed by atoms with Crippen molar-refractivity contribution < 1.29 is 18.7 Å². The van der Waals surface area contributed by atoms with E-state index in [1.54, 1.807) is 7.11 Å². The Morgan fingerprint density at radius 3 is 2.79 bits per heavy atom. The van der Waals surface area contributed by atoms with E-state index in [2.05, 4.69) is 10.3 Å². The minimum Gasteiger partial charge on any atom is -0.497 e. The predicted octanol–water partition coefficient (Wildman–Crippen LogP) is 3.58. The van der Waals surface area contributed by atoms with Crippen LogP contribution in [0, 0.1) is 0 Å². The van der Waals surface area contributed by atoms with E-state index >= 15 is 0 Å². The van der Waals surface area contributed by atoms with E-state index in [0.717, 1.165) is 30.6 Å². The second-order valence-electron chi connectivity index (χ2n) is 6.66. The van der Waals surface area contributed by atoms with Crippen LogP contribution >= 0.6 is 0 Å². The molecule has 6 nitrogen and oxygen atoms in total. The van der Waals surface area contributed by atoms with E-state index in [1.807, 2.05) is 54.6 Å². The normalized spacial score (nSPS) is 17.0. The van der Waals surface area contributed by atoms with Gasteiger partial charge in [0.25, 0.3) is 5.91 Å². The summed E-state index contributed by atoms with van der Waals surface area (Å²) < 4.78 is 16.7. The van der Waals surface area contributed by atoms with Crippen LogP contribution in [-0.2, 0) is 4.74 Å². The Labute approximate surface area is 162 Å². The highest BCUT2D eigenvalue weighted by Crippen LogP contribution is 2.18. The molecule has 0 spiro atoms. The van der Waals surface area contributed by atoms with E-state index in [1.165, 1.54) is 0 Å². The molecule has 1 amide bonds. The minimum atomic E-state index is -0.225. The number of nitrogens with zero attached hydrogens (tertiary/aromatic N) is 1. The molecule has 1 atom stereocenters. The highest BCUT2D eigenvalue weighted by Gasteiger charge is 2.18. The van der Waals surface area contributed by atoms with Gasteiger partial charge in [0.2, 0.25) is 5.55 Å². The van der Waals surface area contributed by atoms with E-state index in [4.69, 9.17) is 13.9 Å². The third kappa shape index (κ3) is 4.07. The number of methoxy groups -OCH3 is 1. The minimum absolute atomic E-state index is 0.0725. The molecule has 1 aliphatic heterocycles. The average Bonchev–Trinajstić information content (AvgIpc) is 3.26. The summed E-state index contributed by atoms with van der Waals surface area (Å²) in [6.45, 7) is 1.23. The SMILES string of the molecule is COc1ccc(N=c2oc3ccccc3cc2C(=O)NCC2CCCO2)cc1. The van der Waals surface area contributed by atoms with Gasteiger partial charge in [-0.3, -0.25) is 4.79 Å². The number of hydrogen-bond acceptors (Lipinski definition) is 5. The Kier molecular flexibility index (Phi) is 5.39. The van der Waals surface area contributed by atoms with Crippen LogP contribution in [0.15, 0.2) is 64.0 Å². The summed E-state index contributed by atoms with van der Waals surface area (Å²) >= 11 is 0. The van der Waals surface area contributed by atoms with Crippen molar-refractivity contribution in [2.75, 3.05) is 20.3 Å². The number of hydrogen-bond donors (Lipinski definition) is 1. The first kappa shape index (κ1) is 18.3. The summed E-state index contributed by atoms with van der Waals surface area (Å²) in [7, 11) is 1.61. The number of amides is 1. The molecule has 1 N–H and O–H groups in total. The highest BCUT2D eigenvalue weighted by atomic mass is 16.5. The van der Waals surface area contributed by atoms with Crippen LogP contribution < -0.4 is 15.6 Å². The Balaban J connectivity index is 1.70. The Bertz CT molecular complexity index is 1030. The molecule has 4 rings (SSSR count). The van der Waals surface area contributed by atoms with Crippen molar-refractivity contribution in [3.05, 3.63) is 65.7 Å². The summed E-state index contributed by atoms with van der Waals surface area (Å²) in [6, 6.07) is 16.6. The van der Waals surface area contributed by atoms with Gasteiger partial charge in [-0.1, -0.05) is 18.2 Å². The summed E-state index contributed by atoms with van der Waals surface area (Å²) in [5.74, 6) is 0.515. The van der Waals surface area contributed by atoms with Crippen LogP contribution in [0.25, 0.3) is 11.0 Å². The maximum Gasteiger partial charge on any atom is 0.256 e. The molecule has 0 aliphatic carbocycles. The third-order valence-corrected chi connectivity index (χ3v) is 4.72. The average molecular weight is 378 g/mol. The van der Waals surface area contributed by atoms with Gasteiger partial charge in [-0.25, -0.2) is 4.99 Å². The second kappa shape index (κ2) is 8.27. The van der Waals surface area contributed by atoms with Gasteiger partial charge >= 0.3 is 0 Å². The van der Waals surface area contributed by atoms with Gasteiger partial charge in [0.1, 0.15) is 16.9 Å². The van der Waals surface area contributed by atoms with Gasteiger partial charge in [-0.15, -0.1) is 0 Å². The fourth-order valence-corrected chi connectivity index (χ4v) is 3.20. The molecule has 1 saturated heterocycles. The van der Waals surface area contributed by atoms with Crippen molar-refractivity contribution in [1.82, 2.24) is 5.32 Å². The summed E-state index contributed by atoms with van der Waals surface area (Å²) in [5, 5.41) is 3.79. The van der Waals surface area contributed by atoms with Gasteiger partial charge in [0.15, 0.2) is 0 Å². The monoisotopic (exact) mass is 378 g/mol. The lowest BCUT2D eigenvalue weighted by Crippen LogP contribution is -2.34. The van der Waals surface area contributed by atoms with Crippen LogP contribution in [0.4, 0.5) is 5.69 Å². The van der Waals surface area contributed by atoms with Gasteiger partial charge in [0, 0.05) is 18.5 Å². The molecule has 0 saturated carbocycles. The zero-order chi connectivity index (χ0) is 19.3. The van der Waals surface area contributed by atoms with Crippen LogP contribution in [0.3, 0.4) is 0 Å². The number of ether oxygens (including phenoxy) is 2. The predicted molar refractivity (Wildman–Crippen MR) is 106 cm³/mol. The quantitative estimate of drug-likeness (QED) is 0.736. The molecule has 2 aromatic carbocycles. The van der Waals surface area contributed by atoms with E-state index < -0.39 is 0 Å². The molecule has 2 heterocycles. The molecule has 6 heteroatoms. The first-order valence-electron chi connectivity index (χ1n) is 9.34. The maximum atomic E-state index is 12.8. The number of benzene rings is 2. The summed E-state index contributed by atoms with van der Waals surface area (Å²) in [4.78, 5) is 17.4. The Morgan fingerprint density at radius 1 is 1.21 bits per heavy atom. The maximum absolute atomic E-state index is 12.8. The lowest BCUT2D eigenvalue weighted by molar-refractivity contribution is 0.0854. The van der Waals surface area contributed by atoms with Crippen LogP contribution in [0.5, 0.6) is 5.75 Å². The summed E-state index contributed by atoms with van der Waals surface area (Å²) in [6.07, 6.45) is 2.07. The largest absolute Gasteiger partial charge is 0.497 e. The van der Waals surface area contributed by atoms with Gasteiger partial charge in [-0.2, -0.15) is 0 Å². The van der Waals surface area contributed by atoms with Gasteiger partial charge in [-0.05, 0) is 49.2 Å². The number of carbonyl (C=O) groups is 1. The first-order valence-corrected chi connectivity index (χ1v) is 9.34. The number of para-hydroxylation sites is 1. The van der Waals surface area contributed by atoms with Crippen LogP contribution in [0.2, 0.25) is 0 Å². The van der Waals surface area contributed by atoms with Crippen molar-refractivity contribution in [1.29, 1.82) is 0 Å². The second-order valence-corrected chi connectivity index (χ2v) is 6.66. The molecular weight excluding hydrogens is 356 g/mol. The molecule has 1 fully saturated rings. The van der Waals surface area contributed by atoms with Crippen LogP contribution in [0.1, 0.15) is 23.2 Å². The number of carbonyl (C=O) groups excluding carboxylic acids is 1. The Hall–Kier alpha value is -3.12. The molecule has 144 valence electrons. The fourth-order valence-electron chi connectivity index (χ4n) is 3.20. The summed E-state index contributed by atoms with van der Waals surface area (Å²) in [5.41, 5.74) is 2.01. The molecule has 0 radical (unpaired) electrons. The molecule has 1 aliphatic rings. The van der Waals surface area contributed by atoms with Gasteiger partial charge < -0.3 is 19.2 Å². The van der Waals surface area contributed by atoms with E-state index in [9.17, 15) is 4.79 Å². The third-order valence-electron chi connectivity index (χ3n) is 4.72. The Morgan fingerprint density at radius 2 is 2.04 bits per heavy atom. The zero-order valence-electron chi connectivity index (χ0n) is 15.7. The fraction of sp³-hybridized carbons (Fsp3) is 0.273. The molecule has 0 bridgehead atoms. The molecular formula is C22H22N2O4. The standard InChI is InChI=1S/C22H22N2O4/c1-26-17-10-8-16(9-11-17)24-22-19(13-15-5-2-3-7-20(15)28-22)21(25)23-14-18-6-4-12-27-18/h2-3,5,7-11,13,18H,4,6,12,14H2,1H3,(H,23,25). The van der Waals surface area contributed by atoms with Crippen molar-refractivity contribution in [3.63, 3.8) is 0 Å². The molecule has 1 aromatic heterocycles. The zero-order valence-corrected chi connectivity index (χ0v) is 15.7. The number of fused-ring (bicyclic) bond motifs is 1. The lowest BCUT2D eigenvalue weighted by atomic mass is 10.1. The number of nitrogens with one attached hydrogen (secondary N) is 1. The van der Waals surface area contributed by atoms with E-state index in [-0.39, 0.29) is 17.6 Å². The van der Waals surface area contributed by atoms with Crippen molar-refractivity contribution >= 4 is 22.6 Å². The first-order chi connectivity index (χ1) is 13.7. The molecule has 28 heavy (non-hydrogen) atoms.